The first-order chi connectivity index (χ1) is 20.8. The lowest BCUT2D eigenvalue weighted by molar-refractivity contribution is -0.131. The van der Waals surface area contributed by atoms with Crippen molar-refractivity contribution in [2.75, 3.05) is 51.3 Å². The number of hydrogen-bond acceptors (Lipinski definition) is 6. The van der Waals surface area contributed by atoms with Crippen molar-refractivity contribution in [2.24, 2.45) is 5.92 Å². The molecular weight excluding hydrogens is 550 g/mol. The zero-order valence-corrected chi connectivity index (χ0v) is 24.2. The second-order valence-electron chi connectivity index (χ2n) is 12.3. The Kier molecular flexibility index (Phi) is 7.01. The molecule has 0 bridgehead atoms. The number of piperazine rings is 1. The lowest BCUT2D eigenvalue weighted by Crippen LogP contribution is -2.56. The van der Waals surface area contributed by atoms with Crippen molar-refractivity contribution < 1.29 is 18.3 Å². The standard InChI is InChI=1S/C33H34F2N6O2/c1-19(34)32(42)41-11-10-40(17-22(41)16-36-2)31-28-14-29(35)27(24-8-4-7-23-25-12-20(25)13-26(23)24)15-30(28)37-33(38-31)43-18-21-6-5-9-39(21)3/h4,7-8,14-15,20-22,25H,1,5-6,9-13,16-18H2,3H3/t20-,21+,22+,25-/m1/s1. The van der Waals surface area contributed by atoms with E-state index in [1.54, 1.807) is 6.07 Å². The minimum absolute atomic E-state index is 0.00444. The van der Waals surface area contributed by atoms with Gasteiger partial charge in [-0.2, -0.15) is 9.97 Å². The third-order valence-corrected chi connectivity index (χ3v) is 9.69. The highest BCUT2D eigenvalue weighted by Crippen LogP contribution is 2.58. The van der Waals surface area contributed by atoms with Gasteiger partial charge in [-0.25, -0.2) is 15.4 Å². The van der Waals surface area contributed by atoms with Crippen molar-refractivity contribution in [3.63, 3.8) is 0 Å². The Morgan fingerprint density at radius 3 is 2.81 bits per heavy atom. The maximum atomic E-state index is 16.0. The average molecular weight is 585 g/mol. The predicted octanol–water partition coefficient (Wildman–Crippen LogP) is 4.99. The first-order valence-electron chi connectivity index (χ1n) is 15.0. The molecule has 2 saturated heterocycles. The van der Waals surface area contributed by atoms with Crippen LogP contribution in [0.1, 0.15) is 36.3 Å². The number of ether oxygens (including phenoxy) is 1. The van der Waals surface area contributed by atoms with Crippen molar-refractivity contribution in [1.82, 2.24) is 19.8 Å². The molecule has 2 aromatic carbocycles. The first kappa shape index (κ1) is 27.7. The fourth-order valence-electron chi connectivity index (χ4n) is 7.27. The van der Waals surface area contributed by atoms with Gasteiger partial charge >= 0.3 is 6.01 Å². The van der Waals surface area contributed by atoms with Crippen molar-refractivity contribution in [1.29, 1.82) is 0 Å². The molecule has 8 nitrogen and oxygen atoms in total. The van der Waals surface area contributed by atoms with Crippen molar-refractivity contribution in [3.8, 4) is 17.1 Å². The van der Waals surface area contributed by atoms with E-state index >= 15 is 4.39 Å². The van der Waals surface area contributed by atoms with E-state index < -0.39 is 17.8 Å². The van der Waals surface area contributed by atoms with E-state index in [1.165, 1.54) is 28.5 Å². The number of anilines is 1. The number of carbonyl (C=O) groups is 1. The maximum Gasteiger partial charge on any atom is 0.319 e. The number of likely N-dealkylation sites (N-methyl/N-ethyl adjacent to an activating group) is 1. The van der Waals surface area contributed by atoms with E-state index in [4.69, 9.17) is 21.3 Å². The lowest BCUT2D eigenvalue weighted by Gasteiger charge is -2.39. The Bertz CT molecular complexity index is 1670. The first-order valence-corrected chi connectivity index (χ1v) is 15.0. The van der Waals surface area contributed by atoms with Crippen LogP contribution in [-0.2, 0) is 11.2 Å². The van der Waals surface area contributed by atoms with Crippen LogP contribution in [0.5, 0.6) is 6.01 Å². The third kappa shape index (κ3) is 4.99. The number of hydrogen-bond donors (Lipinski definition) is 0. The summed E-state index contributed by atoms with van der Waals surface area (Å²) in [6.45, 7) is 12.8. The van der Waals surface area contributed by atoms with Crippen molar-refractivity contribution in [2.45, 2.75) is 43.7 Å². The summed E-state index contributed by atoms with van der Waals surface area (Å²) in [5.41, 5.74) is 4.56. The molecule has 1 amide bonds. The highest BCUT2D eigenvalue weighted by atomic mass is 19.1. The normalized spacial score (nSPS) is 24.5. The lowest BCUT2D eigenvalue weighted by atomic mass is 9.93. The predicted molar refractivity (Wildman–Crippen MR) is 160 cm³/mol. The van der Waals surface area contributed by atoms with Gasteiger partial charge in [0.05, 0.1) is 5.52 Å². The quantitative estimate of drug-likeness (QED) is 0.288. The van der Waals surface area contributed by atoms with Gasteiger partial charge in [-0.15, -0.1) is 0 Å². The van der Waals surface area contributed by atoms with Crippen LogP contribution in [0.15, 0.2) is 42.7 Å². The Balaban J connectivity index is 1.28. The fourth-order valence-corrected chi connectivity index (χ4v) is 7.27. The SMILES string of the molecule is [C-]#[N+]C[C@H]1CN(c2nc(OC[C@@H]3CCCN3C)nc3cc(-c4cccc5c4C[C@H]4C[C@@H]54)c(F)cc23)CCN1C(=O)C(=C)F. The second kappa shape index (κ2) is 10.9. The summed E-state index contributed by atoms with van der Waals surface area (Å²) < 4.78 is 36.0. The highest BCUT2D eigenvalue weighted by Gasteiger charge is 2.46. The molecule has 0 radical (unpaired) electrons. The van der Waals surface area contributed by atoms with E-state index in [0.717, 1.165) is 31.4 Å². The van der Waals surface area contributed by atoms with E-state index in [-0.39, 0.29) is 37.5 Å². The molecule has 1 saturated carbocycles. The zero-order valence-electron chi connectivity index (χ0n) is 24.2. The van der Waals surface area contributed by atoms with Crippen molar-refractivity contribution >= 4 is 22.6 Å². The minimum Gasteiger partial charge on any atom is -0.462 e. The van der Waals surface area contributed by atoms with E-state index in [9.17, 15) is 9.18 Å². The van der Waals surface area contributed by atoms with Gasteiger partial charge < -0.3 is 24.3 Å². The Morgan fingerprint density at radius 2 is 2.05 bits per heavy atom. The van der Waals surface area contributed by atoms with Crippen LogP contribution in [0.3, 0.4) is 0 Å². The molecule has 0 unspecified atom stereocenters. The van der Waals surface area contributed by atoms with Gasteiger partial charge in [0, 0.05) is 36.6 Å². The summed E-state index contributed by atoms with van der Waals surface area (Å²) in [6.07, 6.45) is 4.33. The maximum absolute atomic E-state index is 16.0. The van der Waals surface area contributed by atoms with E-state index in [0.29, 0.717) is 47.3 Å². The number of likely N-dealkylation sites (tertiary alicyclic amines) is 1. The molecule has 0 N–H and O–H groups in total. The van der Waals surface area contributed by atoms with Crippen molar-refractivity contribution in [3.05, 3.63) is 71.1 Å². The molecule has 3 fully saturated rings. The monoisotopic (exact) mass is 584 g/mol. The largest absolute Gasteiger partial charge is 0.462 e. The summed E-state index contributed by atoms with van der Waals surface area (Å²) in [5, 5.41) is 0.526. The number of carbonyl (C=O) groups excluding carboxylic acids is 1. The van der Waals surface area contributed by atoms with Gasteiger partial charge in [0.15, 0.2) is 5.83 Å². The minimum atomic E-state index is -1.05. The third-order valence-electron chi connectivity index (χ3n) is 9.69. The van der Waals surface area contributed by atoms with Gasteiger partial charge in [0.2, 0.25) is 6.54 Å². The molecule has 10 heteroatoms. The molecule has 2 aliphatic heterocycles. The smallest absolute Gasteiger partial charge is 0.319 e. The van der Waals surface area contributed by atoms with Gasteiger partial charge in [-0.1, -0.05) is 24.8 Å². The number of halogens is 2. The van der Waals surface area contributed by atoms with Crippen LogP contribution in [0, 0.1) is 18.3 Å². The Labute approximate surface area is 249 Å². The van der Waals surface area contributed by atoms with Crippen LogP contribution in [0.4, 0.5) is 14.6 Å². The average Bonchev–Trinajstić information content (AvgIpc) is 3.49. The Hall–Kier alpha value is -4.10. The van der Waals surface area contributed by atoms with Gasteiger partial charge in [-0.05, 0) is 79.9 Å². The van der Waals surface area contributed by atoms with Crippen LogP contribution < -0.4 is 9.64 Å². The molecule has 1 aromatic heterocycles. The number of aromatic nitrogens is 2. The summed E-state index contributed by atoms with van der Waals surface area (Å²) in [7, 11) is 2.08. The molecule has 7 rings (SSSR count). The van der Waals surface area contributed by atoms with E-state index in [1.807, 2.05) is 17.0 Å². The number of fused-ring (bicyclic) bond motifs is 4. The number of benzene rings is 2. The van der Waals surface area contributed by atoms with Crippen LogP contribution in [-0.4, -0.2) is 84.1 Å². The van der Waals surface area contributed by atoms with Crippen LogP contribution >= 0.6 is 0 Å². The van der Waals surface area contributed by atoms with Crippen LogP contribution in [0.25, 0.3) is 26.9 Å². The fraction of sp³-hybridized carbons (Fsp3) is 0.455. The molecule has 222 valence electrons. The highest BCUT2D eigenvalue weighted by molar-refractivity contribution is 5.94. The molecular formula is C33H34F2N6O2. The number of nitrogens with zero attached hydrogens (tertiary/aromatic N) is 6. The number of rotatable bonds is 7. The topological polar surface area (TPSA) is 66.2 Å². The molecule has 0 spiro atoms. The van der Waals surface area contributed by atoms with Gasteiger partial charge in [0.1, 0.15) is 24.3 Å². The van der Waals surface area contributed by atoms with Gasteiger partial charge in [-0.3, -0.25) is 4.79 Å². The van der Waals surface area contributed by atoms with Gasteiger partial charge in [0.25, 0.3) is 5.91 Å². The molecule has 3 aromatic rings. The molecule has 4 aliphatic rings. The number of amides is 1. The zero-order chi connectivity index (χ0) is 29.8. The Morgan fingerprint density at radius 1 is 1.19 bits per heavy atom. The molecule has 2 aliphatic carbocycles. The second-order valence-corrected chi connectivity index (χ2v) is 12.3. The molecule has 4 atom stereocenters. The van der Waals surface area contributed by atoms with E-state index in [2.05, 4.69) is 29.4 Å². The summed E-state index contributed by atoms with van der Waals surface area (Å²) in [5.74, 6) is -0.466. The molecule has 3 heterocycles. The molecule has 43 heavy (non-hydrogen) atoms. The summed E-state index contributed by atoms with van der Waals surface area (Å²) in [6, 6.07) is 9.36. The summed E-state index contributed by atoms with van der Waals surface area (Å²) in [4.78, 5) is 31.0. The van der Waals surface area contributed by atoms with Crippen LogP contribution in [0.2, 0.25) is 0 Å². The summed E-state index contributed by atoms with van der Waals surface area (Å²) >= 11 is 0.